The summed E-state index contributed by atoms with van der Waals surface area (Å²) in [6.45, 7) is 8.91. The van der Waals surface area contributed by atoms with Gasteiger partial charge in [-0.15, -0.1) is 0 Å². The fourth-order valence-electron chi connectivity index (χ4n) is 2.10. The van der Waals surface area contributed by atoms with Crippen molar-refractivity contribution < 1.29 is 5.11 Å². The van der Waals surface area contributed by atoms with Crippen molar-refractivity contribution in [2.24, 2.45) is 0 Å². The van der Waals surface area contributed by atoms with Crippen LogP contribution in [0.25, 0.3) is 0 Å². The lowest BCUT2D eigenvalue weighted by Crippen LogP contribution is -2.49. The average molecular weight is 236 g/mol. The van der Waals surface area contributed by atoms with Gasteiger partial charge in [0.05, 0.1) is 13.3 Å². The minimum atomic E-state index is -1.63. The third-order valence-electron chi connectivity index (χ3n) is 3.38. The molecular weight excluding hydrogens is 212 g/mol. The number of benzene rings is 1. The van der Waals surface area contributed by atoms with E-state index in [9.17, 15) is 5.11 Å². The second-order valence-electron chi connectivity index (χ2n) is 5.58. The largest absolute Gasteiger partial charge is 0.389 e. The molecule has 1 aromatic carbocycles. The van der Waals surface area contributed by atoms with Crippen LogP contribution in [0.3, 0.4) is 0 Å². The number of hydrogen-bond acceptors (Lipinski definition) is 1. The average Bonchev–Trinajstić information content (AvgIpc) is 2.25. The van der Waals surface area contributed by atoms with Gasteiger partial charge in [-0.2, -0.15) is 0 Å². The monoisotopic (exact) mass is 236 g/mol. The van der Waals surface area contributed by atoms with Crippen molar-refractivity contribution in [1.29, 1.82) is 0 Å². The van der Waals surface area contributed by atoms with E-state index in [1.54, 1.807) is 0 Å². The highest BCUT2D eigenvalue weighted by Gasteiger charge is 2.42. The van der Waals surface area contributed by atoms with Crippen molar-refractivity contribution in [2.75, 3.05) is 0 Å². The molecule has 1 atom stereocenters. The predicted molar refractivity (Wildman–Crippen MR) is 73.2 cm³/mol. The molecule has 1 unspecified atom stereocenters. The van der Waals surface area contributed by atoms with Gasteiger partial charge in [-0.3, -0.25) is 0 Å². The van der Waals surface area contributed by atoms with E-state index in [0.29, 0.717) is 0 Å². The van der Waals surface area contributed by atoms with Crippen LogP contribution < -0.4 is 0 Å². The molecule has 1 N–H and O–H groups in total. The Morgan fingerprint density at radius 1 is 1.12 bits per heavy atom. The Bertz CT molecular complexity index is 315. The first-order chi connectivity index (χ1) is 7.42. The molecule has 0 aromatic heterocycles. The van der Waals surface area contributed by atoms with Crippen molar-refractivity contribution in [3.05, 3.63) is 35.9 Å². The molecule has 0 amide bonds. The second-order valence-corrected chi connectivity index (χ2v) is 10.9. The first-order valence-corrected chi connectivity index (χ1v) is 9.69. The molecule has 0 heterocycles. The van der Waals surface area contributed by atoms with E-state index in [1.807, 2.05) is 18.2 Å². The zero-order chi connectivity index (χ0) is 12.2. The second kappa shape index (κ2) is 5.15. The summed E-state index contributed by atoms with van der Waals surface area (Å²) in [6.07, 6.45) is 3.12. The number of unbranched alkanes of at least 4 members (excludes halogenated alkanes) is 1. The molecular formula is C14H24OSi. The summed E-state index contributed by atoms with van der Waals surface area (Å²) in [5, 5.41) is 10.4. The van der Waals surface area contributed by atoms with Gasteiger partial charge in [-0.1, -0.05) is 69.7 Å². The Labute approximate surface area is 101 Å². The molecule has 0 fully saturated rings. The number of rotatable bonds is 5. The lowest BCUT2D eigenvalue weighted by molar-refractivity contribution is 0.101. The molecule has 0 saturated carbocycles. The van der Waals surface area contributed by atoms with Crippen LogP contribution in [0.15, 0.2) is 30.3 Å². The van der Waals surface area contributed by atoms with Gasteiger partial charge >= 0.3 is 0 Å². The molecule has 0 bridgehead atoms. The van der Waals surface area contributed by atoms with Crippen LogP contribution in [0.2, 0.25) is 19.6 Å². The van der Waals surface area contributed by atoms with E-state index < -0.39 is 13.3 Å². The first-order valence-electron chi connectivity index (χ1n) is 6.19. The maximum atomic E-state index is 11.0. The molecule has 0 saturated heterocycles. The van der Waals surface area contributed by atoms with Crippen molar-refractivity contribution in [3.8, 4) is 0 Å². The van der Waals surface area contributed by atoms with E-state index >= 15 is 0 Å². The molecule has 1 rings (SSSR count). The van der Waals surface area contributed by atoms with Gasteiger partial charge in [0.15, 0.2) is 0 Å². The molecule has 0 radical (unpaired) electrons. The zero-order valence-electron chi connectivity index (χ0n) is 11.0. The van der Waals surface area contributed by atoms with E-state index in [4.69, 9.17) is 0 Å². The fourth-order valence-corrected chi connectivity index (χ4v) is 4.06. The maximum absolute atomic E-state index is 11.0. The minimum Gasteiger partial charge on any atom is -0.389 e. The van der Waals surface area contributed by atoms with Crippen LogP contribution in [-0.4, -0.2) is 13.2 Å². The summed E-state index contributed by atoms with van der Waals surface area (Å²) in [5.74, 6) is 0. The Morgan fingerprint density at radius 2 is 1.69 bits per heavy atom. The summed E-state index contributed by atoms with van der Waals surface area (Å²) in [5.41, 5.74) is 1.10. The minimum absolute atomic E-state index is 0.579. The molecule has 1 nitrogen and oxygen atoms in total. The van der Waals surface area contributed by atoms with E-state index in [1.165, 1.54) is 0 Å². The third-order valence-corrected chi connectivity index (χ3v) is 6.40. The lowest BCUT2D eigenvalue weighted by Gasteiger charge is -2.39. The van der Waals surface area contributed by atoms with Gasteiger partial charge in [0.1, 0.15) is 0 Å². The number of aliphatic hydroxyl groups is 1. The Balaban J connectivity index is 3.05. The molecule has 0 spiro atoms. The normalized spacial score (nSPS) is 15.8. The summed E-state index contributed by atoms with van der Waals surface area (Å²) in [4.78, 5) is 0. The highest BCUT2D eigenvalue weighted by molar-refractivity contribution is 6.78. The zero-order valence-corrected chi connectivity index (χ0v) is 12.0. The van der Waals surface area contributed by atoms with Crippen LogP contribution in [0.1, 0.15) is 31.7 Å². The van der Waals surface area contributed by atoms with Gasteiger partial charge in [-0.25, -0.2) is 0 Å². The standard InChI is InChI=1S/C14H24OSi/c1-5-6-12-14(15,16(2,3)4)13-10-8-7-9-11-13/h7-11,15H,5-6,12H2,1-4H3. The van der Waals surface area contributed by atoms with E-state index in [-0.39, 0.29) is 0 Å². The summed E-state index contributed by atoms with van der Waals surface area (Å²) >= 11 is 0. The molecule has 0 aliphatic heterocycles. The lowest BCUT2D eigenvalue weighted by atomic mass is 10.0. The van der Waals surface area contributed by atoms with Gasteiger partial charge in [0.2, 0.25) is 0 Å². The quantitative estimate of drug-likeness (QED) is 0.768. The summed E-state index contributed by atoms with van der Waals surface area (Å²) in [7, 11) is -1.63. The van der Waals surface area contributed by atoms with Gasteiger partial charge in [-0.05, 0) is 12.0 Å². The molecule has 90 valence electrons. The predicted octanol–water partition coefficient (Wildman–Crippen LogP) is 3.94. The Kier molecular flexibility index (Phi) is 4.33. The maximum Gasteiger partial charge on any atom is 0.0878 e. The van der Waals surface area contributed by atoms with Gasteiger partial charge in [0, 0.05) is 0 Å². The SMILES string of the molecule is CCCCC(O)(c1ccccc1)[Si](C)(C)C. The van der Waals surface area contributed by atoms with Gasteiger partial charge in [0.25, 0.3) is 0 Å². The number of hydrogen-bond donors (Lipinski definition) is 1. The van der Waals surface area contributed by atoms with Crippen LogP contribution in [0, 0.1) is 0 Å². The highest BCUT2D eigenvalue weighted by atomic mass is 28.3. The summed E-state index contributed by atoms with van der Waals surface area (Å²) < 4.78 is 0. The van der Waals surface area contributed by atoms with Crippen molar-refractivity contribution >= 4 is 8.07 Å². The molecule has 16 heavy (non-hydrogen) atoms. The van der Waals surface area contributed by atoms with Crippen molar-refractivity contribution in [1.82, 2.24) is 0 Å². The fraction of sp³-hybridized carbons (Fsp3) is 0.571. The van der Waals surface area contributed by atoms with Crippen LogP contribution >= 0.6 is 0 Å². The van der Waals surface area contributed by atoms with E-state index in [2.05, 4.69) is 38.7 Å². The van der Waals surface area contributed by atoms with Crippen LogP contribution in [0.4, 0.5) is 0 Å². The van der Waals surface area contributed by atoms with Crippen LogP contribution in [-0.2, 0) is 5.22 Å². The first kappa shape index (κ1) is 13.5. The van der Waals surface area contributed by atoms with Crippen molar-refractivity contribution in [2.45, 2.75) is 51.1 Å². The molecule has 0 aliphatic carbocycles. The molecule has 2 heteroatoms. The Hall–Kier alpha value is -0.603. The van der Waals surface area contributed by atoms with Gasteiger partial charge < -0.3 is 5.11 Å². The smallest absolute Gasteiger partial charge is 0.0878 e. The summed E-state index contributed by atoms with van der Waals surface area (Å²) in [6, 6.07) is 10.2. The van der Waals surface area contributed by atoms with E-state index in [0.717, 1.165) is 24.8 Å². The van der Waals surface area contributed by atoms with Crippen LogP contribution in [0.5, 0.6) is 0 Å². The third kappa shape index (κ3) is 2.74. The molecule has 0 aliphatic rings. The Morgan fingerprint density at radius 3 is 2.12 bits per heavy atom. The molecule has 1 aromatic rings. The topological polar surface area (TPSA) is 20.2 Å². The van der Waals surface area contributed by atoms with Crippen molar-refractivity contribution in [3.63, 3.8) is 0 Å². The highest BCUT2D eigenvalue weighted by Crippen LogP contribution is 2.36.